The van der Waals surface area contributed by atoms with E-state index in [1.807, 2.05) is 67.6 Å². The molecule has 0 spiro atoms. The molecule has 1 fully saturated rings. The number of ether oxygens (including phenoxy) is 2. The van der Waals surface area contributed by atoms with Crippen molar-refractivity contribution in [2.75, 3.05) is 12.4 Å². The predicted octanol–water partition coefficient (Wildman–Crippen LogP) is 4.41. The molecule has 2 aliphatic heterocycles. The number of hydrogen-bond donors (Lipinski definition) is 1. The van der Waals surface area contributed by atoms with Gasteiger partial charge in [-0.15, -0.1) is 11.8 Å². The number of rotatable bonds is 10. The average molecular weight is 666 g/mol. The summed E-state index contributed by atoms with van der Waals surface area (Å²) in [6, 6.07) is 18.6. The van der Waals surface area contributed by atoms with Gasteiger partial charge >= 0.3 is 5.97 Å². The zero-order valence-electron chi connectivity index (χ0n) is 25.0. The van der Waals surface area contributed by atoms with Crippen molar-refractivity contribution in [3.05, 3.63) is 95.0 Å². The summed E-state index contributed by atoms with van der Waals surface area (Å²) in [4.78, 5) is 45.7. The minimum absolute atomic E-state index is 0.139. The Kier molecular flexibility index (Phi) is 9.95. The first-order valence-corrected chi connectivity index (χ1v) is 16.2. The third kappa shape index (κ3) is 7.57. The highest BCUT2D eigenvalue weighted by molar-refractivity contribution is 8.00. The fourth-order valence-electron chi connectivity index (χ4n) is 4.71. The fraction of sp³-hybridized carbons (Fsp3) is 0.323. The van der Waals surface area contributed by atoms with Gasteiger partial charge in [-0.3, -0.25) is 14.5 Å². The van der Waals surface area contributed by atoms with Crippen LogP contribution in [0.4, 0.5) is 0 Å². The number of benzene rings is 2. The average Bonchev–Trinajstić information content (AvgIpc) is 3.55. The van der Waals surface area contributed by atoms with Gasteiger partial charge in [-0.2, -0.15) is 8.75 Å². The van der Waals surface area contributed by atoms with E-state index in [2.05, 4.69) is 19.2 Å². The number of aromatic nitrogens is 2. The van der Waals surface area contributed by atoms with Gasteiger partial charge in [0.25, 0.3) is 11.8 Å². The van der Waals surface area contributed by atoms with Crippen molar-refractivity contribution in [1.82, 2.24) is 19.0 Å². The molecule has 0 aliphatic carbocycles. The lowest BCUT2D eigenvalue weighted by Crippen LogP contribution is -2.71. The van der Waals surface area contributed by atoms with Gasteiger partial charge in [0.2, 0.25) is 11.7 Å². The molecule has 234 valence electrons. The van der Waals surface area contributed by atoms with Gasteiger partial charge in [0.15, 0.2) is 5.71 Å². The first kappa shape index (κ1) is 32.3. The normalized spacial score (nSPS) is 18.2. The van der Waals surface area contributed by atoms with Gasteiger partial charge in [0.05, 0.1) is 23.6 Å². The van der Waals surface area contributed by atoms with Gasteiger partial charge < -0.3 is 19.6 Å². The molecule has 5 rings (SSSR count). The molecule has 0 radical (unpaired) electrons. The Balaban J connectivity index is 1.30. The first-order chi connectivity index (χ1) is 21.5. The summed E-state index contributed by atoms with van der Waals surface area (Å²) in [5.74, 6) is -1.12. The second kappa shape index (κ2) is 13.9. The molecule has 1 unspecified atom stereocenters. The molecule has 0 bridgehead atoms. The maximum Gasteiger partial charge on any atom is 0.347 e. The zero-order valence-corrected chi connectivity index (χ0v) is 27.4. The summed E-state index contributed by atoms with van der Waals surface area (Å²) >= 11 is 8.19. The number of hydrogen-bond acceptors (Lipinski definition) is 12. The molecular weight excluding hydrogens is 635 g/mol. The quantitative estimate of drug-likeness (QED) is 0.109. The highest BCUT2D eigenvalue weighted by Crippen LogP contribution is 2.41. The summed E-state index contributed by atoms with van der Waals surface area (Å²) < 4.78 is 19.6. The molecule has 2 amide bonds. The van der Waals surface area contributed by atoms with E-state index >= 15 is 0 Å². The van der Waals surface area contributed by atoms with E-state index in [4.69, 9.17) is 26.5 Å². The largest absolute Gasteiger partial charge is 0.469 e. The van der Waals surface area contributed by atoms with Crippen LogP contribution in [0, 0.1) is 0 Å². The van der Waals surface area contributed by atoms with E-state index in [0.29, 0.717) is 11.4 Å². The Morgan fingerprint density at radius 3 is 2.33 bits per heavy atom. The number of nitrogens with one attached hydrogen (secondary N) is 1. The van der Waals surface area contributed by atoms with E-state index in [-0.39, 0.29) is 22.4 Å². The number of carbonyl (C=O) groups is 3. The van der Waals surface area contributed by atoms with E-state index < -0.39 is 41.6 Å². The summed E-state index contributed by atoms with van der Waals surface area (Å²) in [5.41, 5.74) is 2.47. The molecule has 3 heterocycles. The van der Waals surface area contributed by atoms with Crippen LogP contribution in [0.15, 0.2) is 83.3 Å². The SMILES string of the molecule is CC1=C(C(=S)OC(c2ccccc2)c2ccccc2)N2C(=O)C(NC(=O)C(=NOCC(=O)OC(C)(C)C)c3cnsn3)[C@H]2SC1. The molecule has 2 aliphatic rings. The Hall–Kier alpha value is -4.14. The van der Waals surface area contributed by atoms with Crippen LogP contribution in [0.1, 0.15) is 50.6 Å². The molecule has 2 atom stereocenters. The molecular formula is C31H31N5O6S3. The van der Waals surface area contributed by atoms with Crippen LogP contribution >= 0.6 is 35.7 Å². The van der Waals surface area contributed by atoms with E-state index in [9.17, 15) is 14.4 Å². The number of thiocarbonyl (C=S) groups is 1. The molecule has 3 aromatic rings. The summed E-state index contributed by atoms with van der Waals surface area (Å²) in [6.45, 7) is 6.57. The maximum atomic E-state index is 13.6. The van der Waals surface area contributed by atoms with Crippen LogP contribution in [-0.4, -0.2) is 71.6 Å². The van der Waals surface area contributed by atoms with Crippen LogP contribution in [0.3, 0.4) is 0 Å². The Morgan fingerprint density at radius 2 is 1.76 bits per heavy atom. The molecule has 1 aromatic heterocycles. The standard InChI is InChI=1S/C31H31N5O6S3/c1-18-17-44-29-24(33-27(38)23(21-15-32-45-35-21)34-40-16-22(37)42-31(2,3)4)28(39)36(29)25(18)30(43)41-26(19-11-7-5-8-12-19)20-13-9-6-10-14-20/h5-15,24,26,29H,16-17H2,1-4H3,(H,33,38)/t24?,29-/m1/s1. The molecule has 1 N–H and O–H groups in total. The topological polar surface area (TPSA) is 132 Å². The van der Waals surface area contributed by atoms with Gasteiger partial charge in [-0.1, -0.05) is 65.8 Å². The van der Waals surface area contributed by atoms with E-state index in [1.165, 1.54) is 18.0 Å². The Morgan fingerprint density at radius 1 is 1.11 bits per heavy atom. The van der Waals surface area contributed by atoms with Crippen LogP contribution in [-0.2, 0) is 28.7 Å². The van der Waals surface area contributed by atoms with Crippen molar-refractivity contribution in [1.29, 1.82) is 0 Å². The van der Waals surface area contributed by atoms with Crippen molar-refractivity contribution in [2.24, 2.45) is 5.16 Å². The van der Waals surface area contributed by atoms with Crippen molar-refractivity contribution in [2.45, 2.75) is 50.8 Å². The number of amides is 2. The van der Waals surface area contributed by atoms with E-state index in [0.717, 1.165) is 28.4 Å². The summed E-state index contributed by atoms with van der Waals surface area (Å²) in [7, 11) is 0. The lowest BCUT2D eigenvalue weighted by atomic mass is 10.0. The number of carbonyl (C=O) groups excluding carboxylic acids is 3. The second-order valence-corrected chi connectivity index (χ2v) is 13.2. The third-order valence-electron chi connectivity index (χ3n) is 6.65. The van der Waals surface area contributed by atoms with Crippen LogP contribution in [0.5, 0.6) is 0 Å². The minimum Gasteiger partial charge on any atom is -0.469 e. The number of fused-ring (bicyclic) bond motifs is 1. The number of β-lactam (4-membered cyclic amide) rings is 1. The molecule has 0 saturated carbocycles. The summed E-state index contributed by atoms with van der Waals surface area (Å²) in [6.07, 6.45) is 0.867. The highest BCUT2D eigenvalue weighted by Gasteiger charge is 2.53. The molecule has 1 saturated heterocycles. The van der Waals surface area contributed by atoms with Gasteiger partial charge in [0, 0.05) is 5.75 Å². The molecule has 14 heteroatoms. The van der Waals surface area contributed by atoms with Crippen molar-refractivity contribution in [3.8, 4) is 0 Å². The van der Waals surface area contributed by atoms with Crippen molar-refractivity contribution >= 4 is 64.3 Å². The number of esters is 1. The molecule has 45 heavy (non-hydrogen) atoms. The van der Waals surface area contributed by atoms with Gasteiger partial charge in [-0.25, -0.2) is 4.79 Å². The van der Waals surface area contributed by atoms with Crippen LogP contribution < -0.4 is 5.32 Å². The Bertz CT molecular complexity index is 1580. The molecule has 2 aromatic carbocycles. The van der Waals surface area contributed by atoms with Crippen LogP contribution in [0.25, 0.3) is 0 Å². The smallest absolute Gasteiger partial charge is 0.347 e. The van der Waals surface area contributed by atoms with Crippen molar-refractivity contribution < 1.29 is 28.7 Å². The van der Waals surface area contributed by atoms with Gasteiger partial charge in [-0.05, 0) is 56.6 Å². The number of oxime groups is 1. The van der Waals surface area contributed by atoms with Crippen LogP contribution in [0.2, 0.25) is 0 Å². The fourth-order valence-corrected chi connectivity index (χ4v) is 6.79. The lowest BCUT2D eigenvalue weighted by molar-refractivity contribution is -0.160. The predicted molar refractivity (Wildman–Crippen MR) is 174 cm³/mol. The summed E-state index contributed by atoms with van der Waals surface area (Å²) in [5, 5.41) is 6.37. The van der Waals surface area contributed by atoms with Crippen molar-refractivity contribution in [3.63, 3.8) is 0 Å². The molecule has 11 nitrogen and oxygen atoms in total. The monoisotopic (exact) mass is 665 g/mol. The maximum absolute atomic E-state index is 13.6. The minimum atomic E-state index is -0.866. The zero-order chi connectivity index (χ0) is 32.1. The van der Waals surface area contributed by atoms with Gasteiger partial charge in [0.1, 0.15) is 28.8 Å². The highest BCUT2D eigenvalue weighted by atomic mass is 32.2. The van der Waals surface area contributed by atoms with E-state index in [1.54, 1.807) is 25.7 Å². The Labute approximate surface area is 274 Å². The lowest BCUT2D eigenvalue weighted by Gasteiger charge is -2.50. The second-order valence-electron chi connectivity index (χ2n) is 11.2. The first-order valence-electron chi connectivity index (χ1n) is 14.0. The third-order valence-corrected chi connectivity index (χ3v) is 8.84. The number of thioether (sulfide) groups is 1. The number of nitrogens with zero attached hydrogens (tertiary/aromatic N) is 4.